The molecule has 2 aromatic carbocycles. The summed E-state index contributed by atoms with van der Waals surface area (Å²) >= 11 is 3.54. The Morgan fingerprint density at radius 1 is 1.21 bits per heavy atom. The molecule has 0 amide bonds. The van der Waals surface area contributed by atoms with Crippen molar-refractivity contribution < 1.29 is 9.47 Å². The van der Waals surface area contributed by atoms with E-state index in [4.69, 9.17) is 9.47 Å². The van der Waals surface area contributed by atoms with Gasteiger partial charge < -0.3 is 19.7 Å². The SMILES string of the molecule is CN=C(NCc1ccc(OC)c(Br)c1)N1CCC(COCc2ccccc2)C1.I. The molecule has 1 saturated heterocycles. The van der Waals surface area contributed by atoms with E-state index in [1.807, 2.05) is 31.3 Å². The van der Waals surface area contributed by atoms with Crippen molar-refractivity contribution in [1.82, 2.24) is 10.2 Å². The molecule has 1 N–H and O–H groups in total. The lowest BCUT2D eigenvalue weighted by Crippen LogP contribution is -2.39. The Balaban J connectivity index is 0.00000300. The first-order chi connectivity index (χ1) is 13.7. The van der Waals surface area contributed by atoms with Crippen LogP contribution in [0.5, 0.6) is 5.75 Å². The molecule has 1 unspecified atom stereocenters. The number of nitrogens with zero attached hydrogens (tertiary/aromatic N) is 2. The lowest BCUT2D eigenvalue weighted by atomic mass is 10.1. The molecule has 1 atom stereocenters. The molecule has 5 nitrogen and oxygen atoms in total. The second-order valence-corrected chi connectivity index (χ2v) is 7.83. The summed E-state index contributed by atoms with van der Waals surface area (Å²) in [7, 11) is 3.51. The van der Waals surface area contributed by atoms with Crippen molar-refractivity contribution in [3.63, 3.8) is 0 Å². The minimum atomic E-state index is 0. The number of ether oxygens (including phenoxy) is 2. The Labute approximate surface area is 199 Å². The topological polar surface area (TPSA) is 46.1 Å². The van der Waals surface area contributed by atoms with Crippen LogP contribution in [0.15, 0.2) is 58.0 Å². The maximum Gasteiger partial charge on any atom is 0.193 e. The summed E-state index contributed by atoms with van der Waals surface area (Å²) in [5, 5.41) is 3.47. The molecule has 1 aliphatic heterocycles. The molecular formula is C22H29BrIN3O2. The van der Waals surface area contributed by atoms with Gasteiger partial charge in [0.05, 0.1) is 24.8 Å². The van der Waals surface area contributed by atoms with Gasteiger partial charge in [0.2, 0.25) is 0 Å². The smallest absolute Gasteiger partial charge is 0.193 e. The van der Waals surface area contributed by atoms with E-state index in [-0.39, 0.29) is 24.0 Å². The Bertz CT molecular complexity index is 789. The van der Waals surface area contributed by atoms with Crippen LogP contribution in [-0.4, -0.2) is 44.7 Å². The molecule has 1 aliphatic rings. The summed E-state index contributed by atoms with van der Waals surface area (Å²) < 4.78 is 12.2. The highest BCUT2D eigenvalue weighted by Gasteiger charge is 2.25. The van der Waals surface area contributed by atoms with Crippen LogP contribution in [0, 0.1) is 5.92 Å². The predicted octanol–water partition coefficient (Wildman–Crippen LogP) is 4.69. The quantitative estimate of drug-likeness (QED) is 0.296. The van der Waals surface area contributed by atoms with Crippen LogP contribution in [0.4, 0.5) is 0 Å². The van der Waals surface area contributed by atoms with E-state index in [0.717, 1.165) is 48.8 Å². The molecule has 0 aromatic heterocycles. The van der Waals surface area contributed by atoms with Gasteiger partial charge in [-0.1, -0.05) is 36.4 Å². The fourth-order valence-corrected chi connectivity index (χ4v) is 4.00. The van der Waals surface area contributed by atoms with Gasteiger partial charge in [-0.25, -0.2) is 0 Å². The largest absolute Gasteiger partial charge is 0.496 e. The van der Waals surface area contributed by atoms with Crippen LogP contribution >= 0.6 is 39.9 Å². The molecule has 7 heteroatoms. The van der Waals surface area contributed by atoms with E-state index in [1.54, 1.807) is 7.11 Å². The Hall–Kier alpha value is -1.32. The third-order valence-electron chi connectivity index (χ3n) is 4.93. The number of aliphatic imine (C=N–C) groups is 1. The first-order valence-electron chi connectivity index (χ1n) is 9.59. The van der Waals surface area contributed by atoms with Gasteiger partial charge in [0.1, 0.15) is 5.75 Å². The van der Waals surface area contributed by atoms with Crippen LogP contribution in [0.25, 0.3) is 0 Å². The Kier molecular flexibility index (Phi) is 10.2. The predicted molar refractivity (Wildman–Crippen MR) is 132 cm³/mol. The van der Waals surface area contributed by atoms with Gasteiger partial charge in [-0.2, -0.15) is 0 Å². The number of benzene rings is 2. The first-order valence-corrected chi connectivity index (χ1v) is 10.4. The van der Waals surface area contributed by atoms with Crippen LogP contribution < -0.4 is 10.1 Å². The lowest BCUT2D eigenvalue weighted by Gasteiger charge is -2.22. The average molecular weight is 574 g/mol. The number of rotatable bonds is 7. The molecule has 1 fully saturated rings. The van der Waals surface area contributed by atoms with Gasteiger partial charge in [-0.3, -0.25) is 4.99 Å². The van der Waals surface area contributed by atoms with E-state index in [9.17, 15) is 0 Å². The van der Waals surface area contributed by atoms with Gasteiger partial charge in [0, 0.05) is 32.6 Å². The highest BCUT2D eigenvalue weighted by atomic mass is 127. The lowest BCUT2D eigenvalue weighted by molar-refractivity contribution is 0.0906. The van der Waals surface area contributed by atoms with E-state index in [1.165, 1.54) is 11.1 Å². The molecule has 0 bridgehead atoms. The summed E-state index contributed by atoms with van der Waals surface area (Å²) in [5.41, 5.74) is 2.40. The van der Waals surface area contributed by atoms with Gasteiger partial charge >= 0.3 is 0 Å². The first kappa shape index (κ1) is 24.0. The Morgan fingerprint density at radius 3 is 2.69 bits per heavy atom. The standard InChI is InChI=1S/C22H28BrN3O2.HI/c1-24-22(25-13-18-8-9-21(27-2)20(23)12-18)26-11-10-19(14-26)16-28-15-17-6-4-3-5-7-17;/h3-9,12,19H,10-11,13-16H2,1-2H3,(H,24,25);1H. The zero-order chi connectivity index (χ0) is 19.8. The molecule has 1 heterocycles. The zero-order valence-corrected chi connectivity index (χ0v) is 20.9. The van der Waals surface area contributed by atoms with Crippen molar-refractivity contribution in [2.75, 3.05) is 33.9 Å². The number of hydrogen-bond donors (Lipinski definition) is 1. The van der Waals surface area contributed by atoms with Crippen LogP contribution in [0.3, 0.4) is 0 Å². The molecule has 0 radical (unpaired) electrons. The molecule has 3 rings (SSSR count). The minimum Gasteiger partial charge on any atom is -0.496 e. The third kappa shape index (κ3) is 7.15. The molecule has 0 aliphatic carbocycles. The highest BCUT2D eigenvalue weighted by molar-refractivity contribution is 14.0. The van der Waals surface area contributed by atoms with E-state index >= 15 is 0 Å². The molecule has 0 spiro atoms. The number of halogens is 2. The fraction of sp³-hybridized carbons (Fsp3) is 0.409. The second kappa shape index (κ2) is 12.4. The van der Waals surface area contributed by atoms with Crippen molar-refractivity contribution in [3.05, 3.63) is 64.1 Å². The maximum atomic E-state index is 5.93. The summed E-state index contributed by atoms with van der Waals surface area (Å²) in [6.45, 7) is 4.16. The number of methoxy groups -OCH3 is 1. The molecule has 29 heavy (non-hydrogen) atoms. The number of hydrogen-bond acceptors (Lipinski definition) is 3. The van der Waals surface area contributed by atoms with E-state index < -0.39 is 0 Å². The Morgan fingerprint density at radius 2 is 2.00 bits per heavy atom. The number of nitrogens with one attached hydrogen (secondary N) is 1. The monoisotopic (exact) mass is 573 g/mol. The van der Waals surface area contributed by atoms with Gasteiger partial charge in [-0.15, -0.1) is 24.0 Å². The summed E-state index contributed by atoms with van der Waals surface area (Å²) in [5.74, 6) is 2.32. The molecule has 158 valence electrons. The minimum absolute atomic E-state index is 0. The number of guanidine groups is 1. The van der Waals surface area contributed by atoms with Crippen LogP contribution in [0.2, 0.25) is 0 Å². The summed E-state index contributed by atoms with van der Waals surface area (Å²) in [6.07, 6.45) is 1.13. The average Bonchev–Trinajstić information content (AvgIpc) is 3.18. The normalized spacial score (nSPS) is 16.4. The summed E-state index contributed by atoms with van der Waals surface area (Å²) in [6, 6.07) is 16.4. The van der Waals surface area contributed by atoms with Crippen molar-refractivity contribution in [1.29, 1.82) is 0 Å². The van der Waals surface area contributed by atoms with Gasteiger partial charge in [0.25, 0.3) is 0 Å². The highest BCUT2D eigenvalue weighted by Crippen LogP contribution is 2.25. The van der Waals surface area contributed by atoms with Crippen LogP contribution in [0.1, 0.15) is 17.5 Å². The number of likely N-dealkylation sites (tertiary alicyclic amines) is 1. The fourth-order valence-electron chi connectivity index (χ4n) is 3.41. The maximum absolute atomic E-state index is 5.93. The molecular weight excluding hydrogens is 545 g/mol. The van der Waals surface area contributed by atoms with Gasteiger partial charge in [0.15, 0.2) is 5.96 Å². The van der Waals surface area contributed by atoms with Crippen molar-refractivity contribution in [2.24, 2.45) is 10.9 Å². The van der Waals surface area contributed by atoms with Crippen molar-refractivity contribution in [3.8, 4) is 5.75 Å². The molecule has 0 saturated carbocycles. The van der Waals surface area contributed by atoms with Crippen molar-refractivity contribution >= 4 is 45.9 Å². The van der Waals surface area contributed by atoms with Gasteiger partial charge in [-0.05, 0) is 45.6 Å². The second-order valence-electron chi connectivity index (χ2n) is 6.97. The zero-order valence-electron chi connectivity index (χ0n) is 16.9. The summed E-state index contributed by atoms with van der Waals surface area (Å²) in [4.78, 5) is 6.77. The van der Waals surface area contributed by atoms with Crippen LogP contribution in [-0.2, 0) is 17.9 Å². The third-order valence-corrected chi connectivity index (χ3v) is 5.55. The van der Waals surface area contributed by atoms with E-state index in [2.05, 4.69) is 55.4 Å². The molecule has 2 aromatic rings. The van der Waals surface area contributed by atoms with Crippen molar-refractivity contribution in [2.45, 2.75) is 19.6 Å². The van der Waals surface area contributed by atoms with E-state index in [0.29, 0.717) is 12.5 Å².